The predicted molar refractivity (Wildman–Crippen MR) is 134 cm³/mol. The maximum atomic E-state index is 13.6. The first kappa shape index (κ1) is 23.7. The molecular weight excluding hydrogens is 474 g/mol. The number of hydrogen-bond donors (Lipinski definition) is 2. The van der Waals surface area contributed by atoms with Crippen LogP contribution in [0.1, 0.15) is 46.9 Å². The van der Waals surface area contributed by atoms with Crippen LogP contribution in [0, 0.1) is 13.8 Å². The zero-order valence-electron chi connectivity index (χ0n) is 19.1. The predicted octanol–water partition coefficient (Wildman–Crippen LogP) is 4.90. The minimum atomic E-state index is -3.91. The van der Waals surface area contributed by atoms with Gasteiger partial charge in [-0.1, -0.05) is 23.7 Å². The maximum Gasteiger partial charge on any atom is 0.261 e. The summed E-state index contributed by atoms with van der Waals surface area (Å²) in [6.07, 6.45) is 3.08. The molecule has 0 bridgehead atoms. The highest BCUT2D eigenvalue weighted by Gasteiger charge is 2.23. The molecule has 0 fully saturated rings. The van der Waals surface area contributed by atoms with Gasteiger partial charge in [0.15, 0.2) is 5.78 Å². The largest absolute Gasteiger partial charge is 0.383 e. The van der Waals surface area contributed by atoms with Crippen molar-refractivity contribution in [1.82, 2.24) is 14.5 Å². The van der Waals surface area contributed by atoms with Gasteiger partial charge in [0.2, 0.25) is 0 Å². The monoisotopic (exact) mass is 497 g/mol. The average Bonchev–Trinajstić information content (AvgIpc) is 3.17. The number of hydrogen-bond acceptors (Lipinski definition) is 6. The number of sulfonamides is 1. The van der Waals surface area contributed by atoms with Gasteiger partial charge in [-0.15, -0.1) is 0 Å². The van der Waals surface area contributed by atoms with E-state index in [1.807, 2.05) is 18.4 Å². The molecule has 2 aromatic heterocycles. The minimum absolute atomic E-state index is 0.0291. The van der Waals surface area contributed by atoms with Crippen LogP contribution in [0.15, 0.2) is 53.8 Å². The molecule has 0 radical (unpaired) electrons. The topological polar surface area (TPSA) is 120 Å². The molecule has 0 aliphatic carbocycles. The Morgan fingerprint density at radius 1 is 1.06 bits per heavy atom. The number of rotatable bonds is 6. The Morgan fingerprint density at radius 3 is 2.44 bits per heavy atom. The molecule has 4 rings (SSSR count). The number of aromatic nitrogens is 3. The first-order valence-corrected chi connectivity index (χ1v) is 12.4. The quantitative estimate of drug-likeness (QED) is 0.366. The lowest BCUT2D eigenvalue weighted by Crippen LogP contribution is -2.14. The lowest BCUT2D eigenvalue weighted by atomic mass is 9.98. The molecule has 0 amide bonds. The van der Waals surface area contributed by atoms with Gasteiger partial charge in [0.1, 0.15) is 17.8 Å². The van der Waals surface area contributed by atoms with Gasteiger partial charge in [0, 0.05) is 28.5 Å². The smallest absolute Gasteiger partial charge is 0.261 e. The van der Waals surface area contributed by atoms with Crippen LogP contribution < -0.4 is 10.5 Å². The Labute approximate surface area is 202 Å². The Bertz CT molecular complexity index is 1540. The number of fused-ring (bicyclic) bond motifs is 1. The number of nitrogens with zero attached hydrogens (tertiary/aromatic N) is 3. The van der Waals surface area contributed by atoms with Crippen molar-refractivity contribution in [1.29, 1.82) is 0 Å². The van der Waals surface area contributed by atoms with E-state index in [4.69, 9.17) is 17.3 Å². The summed E-state index contributed by atoms with van der Waals surface area (Å²) in [4.78, 5) is 22.0. The fraction of sp³-hybridized carbons (Fsp3) is 0.208. The fourth-order valence-corrected chi connectivity index (χ4v) is 5.02. The van der Waals surface area contributed by atoms with E-state index in [0.717, 1.165) is 5.56 Å². The summed E-state index contributed by atoms with van der Waals surface area (Å²) >= 11 is 6.10. The molecule has 0 unspecified atom stereocenters. The van der Waals surface area contributed by atoms with Gasteiger partial charge in [0.25, 0.3) is 10.0 Å². The van der Waals surface area contributed by atoms with Crippen LogP contribution in [0.5, 0.6) is 0 Å². The summed E-state index contributed by atoms with van der Waals surface area (Å²) in [6.45, 7) is 7.53. The van der Waals surface area contributed by atoms with Crippen molar-refractivity contribution in [2.24, 2.45) is 0 Å². The van der Waals surface area contributed by atoms with Crippen LogP contribution in [-0.4, -0.2) is 28.7 Å². The van der Waals surface area contributed by atoms with Gasteiger partial charge < -0.3 is 10.3 Å². The van der Waals surface area contributed by atoms with Crippen LogP contribution in [0.3, 0.4) is 0 Å². The summed E-state index contributed by atoms with van der Waals surface area (Å²) in [5, 5.41) is 0.824. The van der Waals surface area contributed by atoms with E-state index in [2.05, 4.69) is 14.7 Å². The normalized spacial score (nSPS) is 11.8. The molecule has 0 aliphatic rings. The SMILES string of the molecule is Cc1ccc(S(=O)(=O)Nc2ccc(C)c(C(=O)c3cn(C(C)C)c4ncnc(N)c34)c2)cc1Cl. The first-order chi connectivity index (χ1) is 16.0. The van der Waals surface area contributed by atoms with E-state index in [0.29, 0.717) is 32.7 Å². The van der Waals surface area contributed by atoms with Crippen LogP contribution >= 0.6 is 11.6 Å². The highest BCUT2D eigenvalue weighted by atomic mass is 35.5. The molecule has 8 nitrogen and oxygen atoms in total. The van der Waals surface area contributed by atoms with Crippen molar-refractivity contribution in [3.05, 3.63) is 76.2 Å². The van der Waals surface area contributed by atoms with Gasteiger partial charge in [-0.2, -0.15) is 0 Å². The third-order valence-electron chi connectivity index (χ3n) is 5.63. The highest BCUT2D eigenvalue weighted by molar-refractivity contribution is 7.92. The molecule has 0 saturated heterocycles. The van der Waals surface area contributed by atoms with Crippen LogP contribution in [-0.2, 0) is 10.0 Å². The lowest BCUT2D eigenvalue weighted by Gasteiger charge is -2.12. The summed E-state index contributed by atoms with van der Waals surface area (Å²) in [7, 11) is -3.91. The van der Waals surface area contributed by atoms with Crippen molar-refractivity contribution >= 4 is 49.9 Å². The minimum Gasteiger partial charge on any atom is -0.383 e. The van der Waals surface area contributed by atoms with Gasteiger partial charge in [-0.05, 0) is 63.1 Å². The molecule has 0 spiro atoms. The van der Waals surface area contributed by atoms with E-state index in [9.17, 15) is 13.2 Å². The van der Waals surface area contributed by atoms with Crippen molar-refractivity contribution < 1.29 is 13.2 Å². The molecule has 0 atom stereocenters. The molecular formula is C24H24ClN5O3S. The van der Waals surface area contributed by atoms with Gasteiger partial charge in [-0.3, -0.25) is 9.52 Å². The summed E-state index contributed by atoms with van der Waals surface area (Å²) in [6, 6.07) is 9.36. The second-order valence-corrected chi connectivity index (χ2v) is 10.5. The number of aryl methyl sites for hydroxylation is 2. The van der Waals surface area contributed by atoms with Crippen LogP contribution in [0.4, 0.5) is 11.5 Å². The Morgan fingerprint density at radius 2 is 1.76 bits per heavy atom. The molecule has 176 valence electrons. The summed E-state index contributed by atoms with van der Waals surface area (Å²) in [5.41, 5.74) is 9.08. The first-order valence-electron chi connectivity index (χ1n) is 10.5. The number of carbonyl (C=O) groups is 1. The standard InChI is InChI=1S/C24H24ClN5O3S/c1-13(2)30-11-19(21-23(26)27-12-28-24(21)30)22(31)18-9-16(7-5-14(18)3)29-34(32,33)17-8-6-15(4)20(25)10-17/h5-13,29H,1-4H3,(H2,26,27,28). The van der Waals surface area contributed by atoms with Crippen molar-refractivity contribution in [2.45, 2.75) is 38.6 Å². The van der Waals surface area contributed by atoms with E-state index >= 15 is 0 Å². The summed E-state index contributed by atoms with van der Waals surface area (Å²) < 4.78 is 30.2. The molecule has 0 aliphatic heterocycles. The van der Waals surface area contributed by atoms with E-state index < -0.39 is 10.0 Å². The van der Waals surface area contributed by atoms with Crippen LogP contribution in [0.25, 0.3) is 11.0 Å². The number of nitrogens with one attached hydrogen (secondary N) is 1. The van der Waals surface area contributed by atoms with Gasteiger partial charge >= 0.3 is 0 Å². The Hall–Kier alpha value is -3.43. The lowest BCUT2D eigenvalue weighted by molar-refractivity contribution is 0.103. The summed E-state index contributed by atoms with van der Waals surface area (Å²) in [5.74, 6) is -0.0960. The second kappa shape index (κ2) is 8.73. The number of nitrogen functional groups attached to an aromatic ring is 1. The Kier molecular flexibility index (Phi) is 6.09. The third-order valence-corrected chi connectivity index (χ3v) is 7.41. The average molecular weight is 498 g/mol. The molecule has 2 heterocycles. The number of carbonyl (C=O) groups excluding carboxylic acids is 1. The molecule has 3 N–H and O–H groups in total. The highest BCUT2D eigenvalue weighted by Crippen LogP contribution is 2.30. The molecule has 34 heavy (non-hydrogen) atoms. The van der Waals surface area contributed by atoms with Crippen molar-refractivity contribution in [2.75, 3.05) is 10.5 Å². The number of halogens is 1. The maximum absolute atomic E-state index is 13.6. The molecule has 4 aromatic rings. The van der Waals surface area contributed by atoms with E-state index in [1.165, 1.54) is 24.5 Å². The van der Waals surface area contributed by atoms with Gasteiger partial charge in [-0.25, -0.2) is 18.4 Å². The zero-order chi connectivity index (χ0) is 24.8. The number of benzene rings is 2. The van der Waals surface area contributed by atoms with Crippen molar-refractivity contribution in [3.8, 4) is 0 Å². The second-order valence-electron chi connectivity index (χ2n) is 8.38. The van der Waals surface area contributed by atoms with Crippen molar-refractivity contribution in [3.63, 3.8) is 0 Å². The molecule has 2 aromatic carbocycles. The van der Waals surface area contributed by atoms with E-state index in [1.54, 1.807) is 38.2 Å². The molecule has 10 heteroatoms. The number of nitrogens with two attached hydrogens (primary N) is 1. The van der Waals surface area contributed by atoms with Gasteiger partial charge in [0.05, 0.1) is 15.8 Å². The fourth-order valence-electron chi connectivity index (χ4n) is 3.70. The Balaban J connectivity index is 1.76. The molecule has 0 saturated carbocycles. The van der Waals surface area contributed by atoms with E-state index in [-0.39, 0.29) is 28.2 Å². The van der Waals surface area contributed by atoms with Crippen LogP contribution in [0.2, 0.25) is 5.02 Å². The zero-order valence-corrected chi connectivity index (χ0v) is 20.7. The number of ketones is 1. The third kappa shape index (κ3) is 4.24. The number of anilines is 2.